The number of allylic oxidation sites excluding steroid dienone is 2. The standard InChI is InChI=1S/C22H23N3O3/c1-2-12-23-22(26)14-10-11-19-18(13-14)15-7-5-8-16(15)21(24-19)17-6-3-4-9-20(17)25(27)28/h3-7,9-11,13,15-16,21,24H,2,8,12H2,1H3,(H,23,26). The third kappa shape index (κ3) is 3.15. The first-order valence-corrected chi connectivity index (χ1v) is 9.68. The maximum absolute atomic E-state index is 12.4. The van der Waals surface area contributed by atoms with E-state index in [1.165, 1.54) is 0 Å². The molecule has 6 heteroatoms. The lowest BCUT2D eigenvalue weighted by molar-refractivity contribution is -0.385. The largest absolute Gasteiger partial charge is 0.377 e. The van der Waals surface area contributed by atoms with Gasteiger partial charge in [-0.3, -0.25) is 14.9 Å². The number of rotatable bonds is 5. The second-order valence-corrected chi connectivity index (χ2v) is 7.35. The van der Waals surface area contributed by atoms with E-state index in [2.05, 4.69) is 22.8 Å². The Labute approximate surface area is 163 Å². The van der Waals surface area contributed by atoms with Crippen LogP contribution in [-0.4, -0.2) is 17.4 Å². The smallest absolute Gasteiger partial charge is 0.274 e. The molecule has 0 spiro atoms. The zero-order valence-corrected chi connectivity index (χ0v) is 15.7. The molecule has 2 aromatic carbocycles. The van der Waals surface area contributed by atoms with Crippen molar-refractivity contribution < 1.29 is 9.72 Å². The highest BCUT2D eigenvalue weighted by Crippen LogP contribution is 2.51. The number of amides is 1. The van der Waals surface area contributed by atoms with E-state index in [1.807, 2.05) is 37.3 Å². The molecule has 1 amide bonds. The molecule has 6 nitrogen and oxygen atoms in total. The Morgan fingerprint density at radius 1 is 1.25 bits per heavy atom. The van der Waals surface area contributed by atoms with Gasteiger partial charge in [-0.15, -0.1) is 0 Å². The second kappa shape index (κ2) is 7.46. The monoisotopic (exact) mass is 377 g/mol. The molecule has 0 fully saturated rings. The molecule has 3 atom stereocenters. The summed E-state index contributed by atoms with van der Waals surface area (Å²) in [5.41, 5.74) is 3.52. The van der Waals surface area contributed by atoms with E-state index < -0.39 is 0 Å². The van der Waals surface area contributed by atoms with Crippen molar-refractivity contribution in [2.45, 2.75) is 31.7 Å². The highest BCUT2D eigenvalue weighted by molar-refractivity contribution is 5.95. The molecule has 0 saturated heterocycles. The van der Waals surface area contributed by atoms with Crippen molar-refractivity contribution in [2.24, 2.45) is 5.92 Å². The fourth-order valence-corrected chi connectivity index (χ4v) is 4.30. The van der Waals surface area contributed by atoms with Crippen molar-refractivity contribution in [1.29, 1.82) is 0 Å². The van der Waals surface area contributed by atoms with Crippen molar-refractivity contribution in [2.75, 3.05) is 11.9 Å². The molecule has 2 aromatic rings. The molecule has 1 aliphatic carbocycles. The van der Waals surface area contributed by atoms with Gasteiger partial charge >= 0.3 is 0 Å². The van der Waals surface area contributed by atoms with E-state index in [0.29, 0.717) is 17.7 Å². The van der Waals surface area contributed by atoms with Gasteiger partial charge in [-0.2, -0.15) is 0 Å². The number of carbonyl (C=O) groups is 1. The van der Waals surface area contributed by atoms with Crippen LogP contribution in [0, 0.1) is 16.0 Å². The predicted octanol–water partition coefficient (Wildman–Crippen LogP) is 4.56. The summed E-state index contributed by atoms with van der Waals surface area (Å²) in [6, 6.07) is 12.5. The highest BCUT2D eigenvalue weighted by atomic mass is 16.6. The van der Waals surface area contributed by atoms with Gasteiger partial charge in [-0.1, -0.05) is 37.3 Å². The molecule has 1 aliphatic heterocycles. The number of para-hydroxylation sites is 1. The van der Waals surface area contributed by atoms with E-state index in [-0.39, 0.29) is 34.4 Å². The lowest BCUT2D eigenvalue weighted by Crippen LogP contribution is -2.30. The van der Waals surface area contributed by atoms with Gasteiger partial charge in [-0.25, -0.2) is 0 Å². The van der Waals surface area contributed by atoms with Crippen molar-refractivity contribution in [3.63, 3.8) is 0 Å². The molecule has 144 valence electrons. The van der Waals surface area contributed by atoms with Crippen LogP contribution in [0.4, 0.5) is 11.4 Å². The Balaban J connectivity index is 1.71. The quantitative estimate of drug-likeness (QED) is 0.454. The highest BCUT2D eigenvalue weighted by Gasteiger charge is 2.40. The van der Waals surface area contributed by atoms with Crippen LogP contribution in [0.2, 0.25) is 0 Å². The van der Waals surface area contributed by atoms with Crippen LogP contribution in [0.3, 0.4) is 0 Å². The number of nitrogens with one attached hydrogen (secondary N) is 2. The molecular weight excluding hydrogens is 354 g/mol. The number of nitro benzene ring substituents is 1. The Morgan fingerprint density at radius 2 is 2.07 bits per heavy atom. The van der Waals surface area contributed by atoms with Crippen LogP contribution in [0.5, 0.6) is 0 Å². The third-order valence-corrected chi connectivity index (χ3v) is 5.63. The molecule has 2 N–H and O–H groups in total. The molecule has 2 aliphatic rings. The molecular formula is C22H23N3O3. The summed E-state index contributed by atoms with van der Waals surface area (Å²) in [7, 11) is 0. The maximum atomic E-state index is 12.4. The predicted molar refractivity (Wildman–Crippen MR) is 109 cm³/mol. The zero-order chi connectivity index (χ0) is 19.7. The van der Waals surface area contributed by atoms with Gasteiger partial charge in [0.15, 0.2) is 0 Å². The summed E-state index contributed by atoms with van der Waals surface area (Å²) in [6.45, 7) is 2.67. The first-order valence-electron chi connectivity index (χ1n) is 9.68. The van der Waals surface area contributed by atoms with Gasteiger partial charge in [-0.05, 0) is 42.5 Å². The summed E-state index contributed by atoms with van der Waals surface area (Å²) in [5.74, 6) is 0.256. The minimum Gasteiger partial charge on any atom is -0.377 e. The van der Waals surface area contributed by atoms with E-state index in [0.717, 1.165) is 24.1 Å². The van der Waals surface area contributed by atoms with E-state index >= 15 is 0 Å². The molecule has 0 radical (unpaired) electrons. The molecule has 0 saturated carbocycles. The average Bonchev–Trinajstić information content (AvgIpc) is 3.21. The summed E-state index contributed by atoms with van der Waals surface area (Å²) >= 11 is 0. The number of nitrogens with zero attached hydrogens (tertiary/aromatic N) is 1. The molecule has 0 bridgehead atoms. The lowest BCUT2D eigenvalue weighted by atomic mass is 9.76. The number of fused-ring (bicyclic) bond motifs is 3. The molecule has 1 heterocycles. The Bertz CT molecular complexity index is 954. The summed E-state index contributed by atoms with van der Waals surface area (Å²) < 4.78 is 0. The number of nitro groups is 1. The van der Waals surface area contributed by atoms with Crippen LogP contribution < -0.4 is 10.6 Å². The van der Waals surface area contributed by atoms with Gasteiger partial charge in [0.2, 0.25) is 0 Å². The summed E-state index contributed by atoms with van der Waals surface area (Å²) in [6.07, 6.45) is 6.04. The maximum Gasteiger partial charge on any atom is 0.274 e. The van der Waals surface area contributed by atoms with Gasteiger partial charge in [0.1, 0.15) is 0 Å². The first kappa shape index (κ1) is 18.2. The van der Waals surface area contributed by atoms with Crippen LogP contribution in [0.25, 0.3) is 0 Å². The topological polar surface area (TPSA) is 84.3 Å². The van der Waals surface area contributed by atoms with Gasteiger partial charge < -0.3 is 10.6 Å². The number of anilines is 1. The van der Waals surface area contributed by atoms with Gasteiger partial charge in [0.25, 0.3) is 11.6 Å². The molecule has 3 unspecified atom stereocenters. The minimum atomic E-state index is -0.314. The SMILES string of the molecule is CCCNC(=O)c1ccc2c(c1)C1C=CCC1C(c1ccccc1[N+](=O)[O-])N2. The van der Waals surface area contributed by atoms with Crippen LogP contribution in [-0.2, 0) is 0 Å². The molecule has 0 aromatic heterocycles. The second-order valence-electron chi connectivity index (χ2n) is 7.35. The molecule has 28 heavy (non-hydrogen) atoms. The van der Waals surface area contributed by atoms with Crippen LogP contribution >= 0.6 is 0 Å². The minimum absolute atomic E-state index is 0.0657. The Kier molecular flexibility index (Phi) is 4.86. The van der Waals surface area contributed by atoms with Crippen molar-refractivity contribution in [3.8, 4) is 0 Å². The third-order valence-electron chi connectivity index (χ3n) is 5.63. The number of hydrogen-bond donors (Lipinski definition) is 2. The van der Waals surface area contributed by atoms with Crippen molar-refractivity contribution in [1.82, 2.24) is 5.32 Å². The van der Waals surface area contributed by atoms with Gasteiger partial charge in [0, 0.05) is 29.8 Å². The van der Waals surface area contributed by atoms with Crippen LogP contribution in [0.15, 0.2) is 54.6 Å². The zero-order valence-electron chi connectivity index (χ0n) is 15.7. The van der Waals surface area contributed by atoms with Crippen molar-refractivity contribution in [3.05, 3.63) is 81.4 Å². The summed E-state index contributed by atoms with van der Waals surface area (Å²) in [5, 5.41) is 18.0. The number of benzene rings is 2. The Morgan fingerprint density at radius 3 is 2.86 bits per heavy atom. The van der Waals surface area contributed by atoms with Gasteiger partial charge in [0.05, 0.1) is 16.5 Å². The van der Waals surface area contributed by atoms with E-state index in [4.69, 9.17) is 0 Å². The fraction of sp³-hybridized carbons (Fsp3) is 0.318. The lowest BCUT2D eigenvalue weighted by Gasteiger charge is -2.37. The van der Waals surface area contributed by atoms with E-state index in [1.54, 1.807) is 12.1 Å². The van der Waals surface area contributed by atoms with Crippen LogP contribution in [0.1, 0.15) is 53.2 Å². The number of hydrogen-bond acceptors (Lipinski definition) is 4. The normalized spacial score (nSPS) is 22.1. The summed E-state index contributed by atoms with van der Waals surface area (Å²) in [4.78, 5) is 23.6. The van der Waals surface area contributed by atoms with E-state index in [9.17, 15) is 14.9 Å². The average molecular weight is 377 g/mol. The Hall–Kier alpha value is -3.15. The number of carbonyl (C=O) groups excluding carboxylic acids is 1. The molecule has 4 rings (SSSR count). The first-order chi connectivity index (χ1) is 13.6. The fourth-order valence-electron chi connectivity index (χ4n) is 4.30. The van der Waals surface area contributed by atoms with Crippen molar-refractivity contribution >= 4 is 17.3 Å².